The number of furan rings is 1. The van der Waals surface area contributed by atoms with Gasteiger partial charge in [0.1, 0.15) is 11.2 Å². The van der Waals surface area contributed by atoms with Gasteiger partial charge >= 0.3 is 0 Å². The molecule has 0 saturated carbocycles. The van der Waals surface area contributed by atoms with Crippen molar-refractivity contribution in [2.24, 2.45) is 0 Å². The van der Waals surface area contributed by atoms with Crippen LogP contribution in [0.3, 0.4) is 0 Å². The first-order valence-electron chi connectivity index (χ1n) is 13.2. The van der Waals surface area contributed by atoms with E-state index in [-0.39, 0.29) is 0 Å². The van der Waals surface area contributed by atoms with Gasteiger partial charge in [0.2, 0.25) is 0 Å². The third-order valence-corrected chi connectivity index (χ3v) is 8.86. The molecule has 0 unspecified atom stereocenters. The number of fused-ring (bicyclic) bond motifs is 6. The second-order valence-electron chi connectivity index (χ2n) is 10.1. The average Bonchev–Trinajstić information content (AvgIpc) is 3.58. The van der Waals surface area contributed by atoms with Crippen LogP contribution in [0.25, 0.3) is 75.5 Å². The van der Waals surface area contributed by atoms with E-state index in [9.17, 15) is 5.26 Å². The minimum Gasteiger partial charge on any atom is -0.456 e. The average molecular weight is 528 g/mol. The number of benzene rings is 6. The molecule has 0 spiro atoms. The van der Waals surface area contributed by atoms with Crippen molar-refractivity contribution in [3.05, 3.63) is 133 Å². The molecule has 40 heavy (non-hydrogen) atoms. The van der Waals surface area contributed by atoms with Crippen LogP contribution in [0.2, 0.25) is 0 Å². The molecule has 0 fully saturated rings. The topological polar surface area (TPSA) is 36.9 Å². The number of nitrogens with zero attached hydrogens (tertiary/aromatic N) is 1. The lowest BCUT2D eigenvalue weighted by Gasteiger charge is -2.14. The van der Waals surface area contributed by atoms with Crippen LogP contribution in [0, 0.1) is 11.3 Å². The van der Waals surface area contributed by atoms with E-state index >= 15 is 0 Å². The Balaban J connectivity index is 1.33. The van der Waals surface area contributed by atoms with Crippen molar-refractivity contribution in [1.82, 2.24) is 0 Å². The fraction of sp³-hybridized carbons (Fsp3) is 0. The Morgan fingerprint density at radius 1 is 0.475 bits per heavy atom. The van der Waals surface area contributed by atoms with Crippen LogP contribution in [0.1, 0.15) is 5.56 Å². The van der Waals surface area contributed by atoms with Gasteiger partial charge in [0.05, 0.1) is 11.6 Å². The first-order chi connectivity index (χ1) is 19.7. The Bertz CT molecular complexity index is 2300. The van der Waals surface area contributed by atoms with Gasteiger partial charge in [-0.2, -0.15) is 5.26 Å². The van der Waals surface area contributed by atoms with Crippen LogP contribution >= 0.6 is 11.3 Å². The monoisotopic (exact) mass is 527 g/mol. The first-order valence-corrected chi connectivity index (χ1v) is 14.0. The zero-order valence-electron chi connectivity index (χ0n) is 21.4. The Morgan fingerprint density at radius 3 is 2.12 bits per heavy atom. The molecule has 2 aromatic heterocycles. The zero-order chi connectivity index (χ0) is 26.6. The molecular weight excluding hydrogens is 506 g/mol. The Labute approximate surface area is 235 Å². The van der Waals surface area contributed by atoms with Gasteiger partial charge in [0, 0.05) is 30.9 Å². The molecule has 2 heterocycles. The summed E-state index contributed by atoms with van der Waals surface area (Å²) in [7, 11) is 0. The summed E-state index contributed by atoms with van der Waals surface area (Å²) in [4.78, 5) is 0. The van der Waals surface area contributed by atoms with E-state index in [1.165, 1.54) is 25.7 Å². The maximum Gasteiger partial charge on any atom is 0.135 e. The smallest absolute Gasteiger partial charge is 0.135 e. The molecule has 0 atom stereocenters. The van der Waals surface area contributed by atoms with Gasteiger partial charge in [0.15, 0.2) is 0 Å². The predicted molar refractivity (Wildman–Crippen MR) is 168 cm³/mol. The molecule has 8 aromatic rings. The summed E-state index contributed by atoms with van der Waals surface area (Å²) in [6, 6.07) is 46.8. The molecule has 0 N–H and O–H groups in total. The van der Waals surface area contributed by atoms with Crippen molar-refractivity contribution in [3.8, 4) is 39.4 Å². The molecular formula is C37H21NOS. The van der Waals surface area contributed by atoms with Crippen LogP contribution in [0.15, 0.2) is 132 Å². The van der Waals surface area contributed by atoms with E-state index in [0.29, 0.717) is 5.56 Å². The van der Waals surface area contributed by atoms with Gasteiger partial charge in [0.25, 0.3) is 0 Å². The van der Waals surface area contributed by atoms with Crippen molar-refractivity contribution < 1.29 is 4.42 Å². The van der Waals surface area contributed by atoms with Gasteiger partial charge in [-0.1, -0.05) is 78.9 Å². The Morgan fingerprint density at radius 2 is 1.20 bits per heavy atom. The molecule has 8 rings (SSSR count). The van der Waals surface area contributed by atoms with E-state index in [1.807, 2.05) is 47.7 Å². The van der Waals surface area contributed by atoms with Crippen LogP contribution in [-0.4, -0.2) is 0 Å². The molecule has 186 valence electrons. The number of thiophene rings is 1. The number of nitriles is 1. The Hall–Kier alpha value is -5.17. The van der Waals surface area contributed by atoms with Crippen molar-refractivity contribution >= 4 is 53.4 Å². The van der Waals surface area contributed by atoms with E-state index < -0.39 is 0 Å². The van der Waals surface area contributed by atoms with Gasteiger partial charge in [-0.3, -0.25) is 0 Å². The van der Waals surface area contributed by atoms with Gasteiger partial charge in [-0.05, 0) is 81.9 Å². The molecule has 0 radical (unpaired) electrons. The molecule has 0 bridgehead atoms. The van der Waals surface area contributed by atoms with Crippen molar-refractivity contribution in [1.29, 1.82) is 5.26 Å². The van der Waals surface area contributed by atoms with Gasteiger partial charge < -0.3 is 4.42 Å². The van der Waals surface area contributed by atoms with E-state index in [4.69, 9.17) is 4.42 Å². The lowest BCUT2D eigenvalue weighted by atomic mass is 9.90. The zero-order valence-corrected chi connectivity index (χ0v) is 22.2. The third kappa shape index (κ3) is 3.62. The first kappa shape index (κ1) is 22.8. The maximum absolute atomic E-state index is 9.62. The van der Waals surface area contributed by atoms with Crippen molar-refractivity contribution in [3.63, 3.8) is 0 Å². The summed E-state index contributed by atoms with van der Waals surface area (Å²) in [5.74, 6) is 0. The van der Waals surface area contributed by atoms with Gasteiger partial charge in [-0.15, -0.1) is 11.3 Å². The lowest BCUT2D eigenvalue weighted by molar-refractivity contribution is 0.669. The summed E-state index contributed by atoms with van der Waals surface area (Å²) in [5.41, 5.74) is 9.10. The molecule has 3 heteroatoms. The van der Waals surface area contributed by atoms with Crippen molar-refractivity contribution in [2.75, 3.05) is 0 Å². The SMILES string of the molecule is N#Cc1cccc(-c2cc(-c3ccc4c(c3)sc3ccccc34)ccc2-c2ccc3oc4ccccc4c3c2)c1. The minimum atomic E-state index is 0.650. The standard InChI is InChI=1S/C37H21NOS/c38-22-23-6-5-7-26(18-23)32-19-24(25-13-16-31-30-9-2-4-11-36(30)40-37(31)21-25)12-15-28(32)27-14-17-35-33(20-27)29-8-1-3-10-34(29)39-35/h1-21H. The summed E-state index contributed by atoms with van der Waals surface area (Å²) >= 11 is 1.83. The fourth-order valence-electron chi connectivity index (χ4n) is 5.77. The molecule has 0 saturated heterocycles. The van der Waals surface area contributed by atoms with E-state index in [0.717, 1.165) is 49.8 Å². The predicted octanol–water partition coefficient (Wildman–Crippen LogP) is 10.8. The quantitative estimate of drug-likeness (QED) is 0.229. The van der Waals surface area contributed by atoms with Crippen LogP contribution < -0.4 is 0 Å². The third-order valence-electron chi connectivity index (χ3n) is 7.72. The second kappa shape index (κ2) is 8.95. The maximum atomic E-state index is 9.62. The number of para-hydroxylation sites is 1. The minimum absolute atomic E-state index is 0.650. The highest BCUT2D eigenvalue weighted by atomic mass is 32.1. The highest BCUT2D eigenvalue weighted by Crippen LogP contribution is 2.41. The highest BCUT2D eigenvalue weighted by Gasteiger charge is 2.14. The normalized spacial score (nSPS) is 11.5. The second-order valence-corrected chi connectivity index (χ2v) is 11.2. The van der Waals surface area contributed by atoms with Crippen molar-refractivity contribution in [2.45, 2.75) is 0 Å². The summed E-state index contributed by atoms with van der Waals surface area (Å²) in [5, 5.41) is 14.4. The van der Waals surface area contributed by atoms with Crippen LogP contribution in [-0.2, 0) is 0 Å². The molecule has 0 aliphatic carbocycles. The number of rotatable bonds is 3. The molecule has 6 aromatic carbocycles. The molecule has 2 nitrogen and oxygen atoms in total. The van der Waals surface area contributed by atoms with E-state index in [1.54, 1.807) is 0 Å². The Kier molecular flexibility index (Phi) is 5.10. The van der Waals surface area contributed by atoms with E-state index in [2.05, 4.69) is 97.1 Å². The molecule has 0 aliphatic heterocycles. The summed E-state index contributed by atoms with van der Waals surface area (Å²) in [6.07, 6.45) is 0. The van der Waals surface area contributed by atoms with Crippen LogP contribution in [0.5, 0.6) is 0 Å². The lowest BCUT2D eigenvalue weighted by Crippen LogP contribution is -1.89. The molecule has 0 amide bonds. The number of hydrogen-bond acceptors (Lipinski definition) is 3. The largest absolute Gasteiger partial charge is 0.456 e. The summed E-state index contributed by atoms with van der Waals surface area (Å²) < 4.78 is 8.68. The van der Waals surface area contributed by atoms with Crippen LogP contribution in [0.4, 0.5) is 0 Å². The molecule has 0 aliphatic rings. The fourth-order valence-corrected chi connectivity index (χ4v) is 6.92. The number of hydrogen-bond donors (Lipinski definition) is 0. The van der Waals surface area contributed by atoms with Gasteiger partial charge in [-0.25, -0.2) is 0 Å². The summed E-state index contributed by atoms with van der Waals surface area (Å²) in [6.45, 7) is 0. The highest BCUT2D eigenvalue weighted by molar-refractivity contribution is 7.25.